The summed E-state index contributed by atoms with van der Waals surface area (Å²) < 4.78 is 1.11. The van der Waals surface area contributed by atoms with Gasteiger partial charge < -0.3 is 9.80 Å². The van der Waals surface area contributed by atoms with Crippen LogP contribution in [0.3, 0.4) is 0 Å². The number of hydrogen-bond acceptors (Lipinski definition) is 5. The van der Waals surface area contributed by atoms with E-state index in [4.69, 9.17) is 16.6 Å². The number of aromatic nitrogens is 1. The summed E-state index contributed by atoms with van der Waals surface area (Å²) in [6, 6.07) is 14.4. The molecule has 29 heavy (non-hydrogen) atoms. The van der Waals surface area contributed by atoms with Crippen LogP contribution in [0.25, 0.3) is 10.2 Å². The first-order valence-corrected chi connectivity index (χ1v) is 12.0. The lowest BCUT2D eigenvalue weighted by molar-refractivity contribution is -0.131. The summed E-state index contributed by atoms with van der Waals surface area (Å²) in [6.45, 7) is 5.29. The van der Waals surface area contributed by atoms with Crippen molar-refractivity contribution in [2.24, 2.45) is 0 Å². The minimum atomic E-state index is 0.269. The van der Waals surface area contributed by atoms with Gasteiger partial charge in [-0.15, -0.1) is 11.8 Å². The fraction of sp³-hybridized carbons (Fsp3) is 0.364. The summed E-state index contributed by atoms with van der Waals surface area (Å²) in [6.07, 6.45) is 1.54. The maximum atomic E-state index is 12.5. The SMILES string of the molecule is Cc1ccc(SCCCC(=O)N2CCN(c3nc4ccc(Cl)cc4s3)CC2)cc1. The molecule has 0 spiro atoms. The molecule has 0 N–H and O–H groups in total. The zero-order valence-corrected chi connectivity index (χ0v) is 18.8. The molecule has 1 amide bonds. The Labute approximate surface area is 184 Å². The molecule has 0 aliphatic carbocycles. The van der Waals surface area contributed by atoms with E-state index in [1.54, 1.807) is 11.3 Å². The van der Waals surface area contributed by atoms with Gasteiger partial charge in [0.2, 0.25) is 5.91 Å². The van der Waals surface area contributed by atoms with Crippen molar-refractivity contribution in [2.75, 3.05) is 36.8 Å². The van der Waals surface area contributed by atoms with E-state index in [0.29, 0.717) is 6.42 Å². The number of hydrogen-bond donors (Lipinski definition) is 0. The minimum absolute atomic E-state index is 0.269. The standard InChI is InChI=1S/C22H24ClN3OS2/c1-16-4-7-18(8-5-16)28-14-2-3-21(27)25-10-12-26(13-11-25)22-24-19-9-6-17(23)15-20(19)29-22/h4-9,15H,2-3,10-14H2,1H3. The van der Waals surface area contributed by atoms with Crippen molar-refractivity contribution < 1.29 is 4.79 Å². The van der Waals surface area contributed by atoms with Crippen LogP contribution in [0.2, 0.25) is 5.02 Å². The van der Waals surface area contributed by atoms with Crippen molar-refractivity contribution in [2.45, 2.75) is 24.7 Å². The molecule has 3 aromatic rings. The van der Waals surface area contributed by atoms with E-state index >= 15 is 0 Å². The molecule has 1 saturated heterocycles. The van der Waals surface area contributed by atoms with Crippen molar-refractivity contribution >= 4 is 56.0 Å². The predicted molar refractivity (Wildman–Crippen MR) is 125 cm³/mol. The lowest BCUT2D eigenvalue weighted by Gasteiger charge is -2.34. The Balaban J connectivity index is 1.22. The Morgan fingerprint density at radius 2 is 1.90 bits per heavy atom. The third kappa shape index (κ3) is 5.24. The van der Waals surface area contributed by atoms with Gasteiger partial charge in [0.15, 0.2) is 5.13 Å². The summed E-state index contributed by atoms with van der Waals surface area (Å²) in [5.74, 6) is 1.24. The summed E-state index contributed by atoms with van der Waals surface area (Å²) >= 11 is 9.57. The van der Waals surface area contributed by atoms with Crippen LogP contribution in [0.4, 0.5) is 5.13 Å². The summed E-state index contributed by atoms with van der Waals surface area (Å²) in [5, 5.41) is 1.76. The topological polar surface area (TPSA) is 36.4 Å². The van der Waals surface area contributed by atoms with Gasteiger partial charge >= 0.3 is 0 Å². The van der Waals surface area contributed by atoms with Crippen molar-refractivity contribution in [1.82, 2.24) is 9.88 Å². The highest BCUT2D eigenvalue weighted by atomic mass is 35.5. The molecule has 152 valence electrons. The Morgan fingerprint density at radius 3 is 2.66 bits per heavy atom. The lowest BCUT2D eigenvalue weighted by atomic mass is 10.2. The lowest BCUT2D eigenvalue weighted by Crippen LogP contribution is -2.48. The summed E-state index contributed by atoms with van der Waals surface area (Å²) in [4.78, 5) is 22.8. The Bertz CT molecular complexity index is 981. The minimum Gasteiger partial charge on any atom is -0.345 e. The van der Waals surface area contributed by atoms with E-state index < -0.39 is 0 Å². The van der Waals surface area contributed by atoms with Crippen molar-refractivity contribution in [3.05, 3.63) is 53.1 Å². The van der Waals surface area contributed by atoms with Crippen LogP contribution in [-0.4, -0.2) is 47.7 Å². The molecule has 1 aromatic heterocycles. The Morgan fingerprint density at radius 1 is 1.14 bits per heavy atom. The average Bonchev–Trinajstić information content (AvgIpc) is 3.15. The van der Waals surface area contributed by atoms with Crippen molar-refractivity contribution in [3.63, 3.8) is 0 Å². The number of aryl methyl sites for hydroxylation is 1. The molecule has 1 aliphatic rings. The number of thioether (sulfide) groups is 1. The molecule has 4 nitrogen and oxygen atoms in total. The maximum absolute atomic E-state index is 12.5. The normalized spacial score (nSPS) is 14.6. The number of thiazole rings is 1. The molecule has 2 heterocycles. The van der Waals surface area contributed by atoms with Gasteiger partial charge in [-0.3, -0.25) is 4.79 Å². The zero-order valence-electron chi connectivity index (χ0n) is 16.4. The smallest absolute Gasteiger partial charge is 0.222 e. The van der Waals surface area contributed by atoms with Crippen LogP contribution in [0, 0.1) is 6.92 Å². The summed E-state index contributed by atoms with van der Waals surface area (Å²) in [5.41, 5.74) is 2.26. The number of carbonyl (C=O) groups excluding carboxylic acids is 1. The monoisotopic (exact) mass is 445 g/mol. The van der Waals surface area contributed by atoms with Crippen LogP contribution in [0.1, 0.15) is 18.4 Å². The fourth-order valence-electron chi connectivity index (χ4n) is 3.37. The maximum Gasteiger partial charge on any atom is 0.222 e. The molecule has 0 bridgehead atoms. The van der Waals surface area contributed by atoms with E-state index in [1.165, 1.54) is 10.5 Å². The van der Waals surface area contributed by atoms with E-state index in [1.807, 2.05) is 34.9 Å². The Kier molecular flexibility index (Phi) is 6.63. The number of halogens is 1. The molecular formula is C22H24ClN3OS2. The molecule has 4 rings (SSSR count). The zero-order chi connectivity index (χ0) is 20.2. The van der Waals surface area contributed by atoms with E-state index in [9.17, 15) is 4.79 Å². The number of fused-ring (bicyclic) bond motifs is 1. The number of anilines is 1. The number of benzene rings is 2. The van der Waals surface area contributed by atoms with Gasteiger partial charge in [-0.25, -0.2) is 4.98 Å². The van der Waals surface area contributed by atoms with Gasteiger partial charge in [0.1, 0.15) is 0 Å². The van der Waals surface area contributed by atoms with Gasteiger partial charge in [0.25, 0.3) is 0 Å². The molecule has 1 aliphatic heterocycles. The molecule has 0 radical (unpaired) electrons. The van der Waals surface area contributed by atoms with Crippen LogP contribution in [0.5, 0.6) is 0 Å². The highest BCUT2D eigenvalue weighted by molar-refractivity contribution is 7.99. The quantitative estimate of drug-likeness (QED) is 0.372. The molecule has 2 aromatic carbocycles. The number of carbonyl (C=O) groups is 1. The number of piperazine rings is 1. The Hall–Kier alpha value is -1.76. The molecule has 1 fully saturated rings. The second-order valence-corrected chi connectivity index (χ2v) is 9.86. The second-order valence-electron chi connectivity index (χ2n) is 7.24. The number of amides is 1. The number of nitrogens with zero attached hydrogens (tertiary/aromatic N) is 3. The van der Waals surface area contributed by atoms with Crippen molar-refractivity contribution in [3.8, 4) is 0 Å². The number of rotatable bonds is 6. The van der Waals surface area contributed by atoms with E-state index in [2.05, 4.69) is 36.1 Å². The first-order valence-electron chi connectivity index (χ1n) is 9.87. The highest BCUT2D eigenvalue weighted by Gasteiger charge is 2.22. The second kappa shape index (κ2) is 9.37. The fourth-order valence-corrected chi connectivity index (χ4v) is 5.52. The van der Waals surface area contributed by atoms with Gasteiger partial charge in [-0.05, 0) is 49.4 Å². The largest absolute Gasteiger partial charge is 0.345 e. The van der Waals surface area contributed by atoms with Gasteiger partial charge in [-0.1, -0.05) is 40.6 Å². The van der Waals surface area contributed by atoms with Gasteiger partial charge in [0.05, 0.1) is 10.2 Å². The molecular weight excluding hydrogens is 422 g/mol. The third-order valence-electron chi connectivity index (χ3n) is 5.07. The van der Waals surface area contributed by atoms with Crippen LogP contribution >= 0.6 is 34.7 Å². The van der Waals surface area contributed by atoms with E-state index in [-0.39, 0.29) is 5.91 Å². The highest BCUT2D eigenvalue weighted by Crippen LogP contribution is 2.31. The van der Waals surface area contributed by atoms with Crippen LogP contribution in [0.15, 0.2) is 47.4 Å². The predicted octanol–water partition coefficient (Wildman–Crippen LogP) is 5.48. The first-order chi connectivity index (χ1) is 14.1. The molecule has 0 saturated carbocycles. The molecule has 0 unspecified atom stereocenters. The first kappa shape index (κ1) is 20.5. The summed E-state index contributed by atoms with van der Waals surface area (Å²) in [7, 11) is 0. The van der Waals surface area contributed by atoms with Gasteiger partial charge in [0, 0.05) is 42.5 Å². The third-order valence-corrected chi connectivity index (χ3v) is 7.48. The van der Waals surface area contributed by atoms with Crippen LogP contribution in [-0.2, 0) is 4.79 Å². The van der Waals surface area contributed by atoms with E-state index in [0.717, 1.165) is 58.7 Å². The van der Waals surface area contributed by atoms with Crippen LogP contribution < -0.4 is 4.90 Å². The van der Waals surface area contributed by atoms with Gasteiger partial charge in [-0.2, -0.15) is 0 Å². The molecule has 7 heteroatoms. The van der Waals surface area contributed by atoms with Crippen molar-refractivity contribution in [1.29, 1.82) is 0 Å². The molecule has 0 atom stereocenters. The average molecular weight is 446 g/mol.